The highest BCUT2D eigenvalue weighted by Gasteiger charge is 2.84. The van der Waals surface area contributed by atoms with Crippen LogP contribution >= 0.6 is 0 Å². The molecule has 3 saturated carbocycles. The van der Waals surface area contributed by atoms with Crippen LogP contribution in [-0.2, 0) is 28.5 Å². The van der Waals surface area contributed by atoms with E-state index in [1.165, 1.54) is 0 Å². The van der Waals surface area contributed by atoms with Gasteiger partial charge in [0.1, 0.15) is 30.0 Å². The molecule has 188 valence electrons. The molecule has 34 heavy (non-hydrogen) atoms. The third kappa shape index (κ3) is 2.47. The van der Waals surface area contributed by atoms with Gasteiger partial charge in [0, 0.05) is 12.5 Å². The molecule has 6 rings (SSSR count). The number of fused-ring (bicyclic) bond motifs is 3. The van der Waals surface area contributed by atoms with Gasteiger partial charge in [-0.3, -0.25) is 4.79 Å². The minimum absolute atomic E-state index is 0.0210. The number of ether oxygens (including phenoxy) is 4. The second kappa shape index (κ2) is 7.37. The number of rotatable bonds is 7. The van der Waals surface area contributed by atoms with Gasteiger partial charge in [0.25, 0.3) is 0 Å². The van der Waals surface area contributed by atoms with Gasteiger partial charge >= 0.3 is 5.97 Å². The van der Waals surface area contributed by atoms with Crippen LogP contribution in [0.2, 0.25) is 0 Å². The Hall–Kier alpha value is -1.28. The fraction of sp³-hybridized carbons (Fsp3) is 0.852. The predicted octanol–water partition coefficient (Wildman–Crippen LogP) is 3.45. The zero-order valence-electron chi connectivity index (χ0n) is 20.9. The van der Waals surface area contributed by atoms with Crippen molar-refractivity contribution in [2.75, 3.05) is 13.7 Å². The Morgan fingerprint density at radius 3 is 2.65 bits per heavy atom. The lowest BCUT2D eigenvalue weighted by molar-refractivity contribution is -0.237. The molecule has 2 aliphatic heterocycles. The van der Waals surface area contributed by atoms with E-state index in [1.807, 2.05) is 6.92 Å². The monoisotopic (exact) mass is 474 g/mol. The molecule has 0 spiro atoms. The first-order valence-electron chi connectivity index (χ1n) is 13.1. The minimum Gasteiger partial charge on any atom is -0.481 e. The van der Waals surface area contributed by atoms with Gasteiger partial charge in [-0.05, 0) is 55.8 Å². The zero-order valence-corrected chi connectivity index (χ0v) is 20.9. The van der Waals surface area contributed by atoms with Crippen LogP contribution in [0.25, 0.3) is 0 Å². The van der Waals surface area contributed by atoms with Crippen LogP contribution in [-0.4, -0.2) is 61.8 Å². The molecule has 12 atom stereocenters. The summed E-state index contributed by atoms with van der Waals surface area (Å²) >= 11 is 0. The van der Waals surface area contributed by atoms with Crippen molar-refractivity contribution in [3.05, 3.63) is 11.6 Å². The van der Waals surface area contributed by atoms with Crippen molar-refractivity contribution in [2.24, 2.45) is 45.8 Å². The Labute approximate surface area is 201 Å². The highest BCUT2D eigenvalue weighted by molar-refractivity contribution is 5.90. The summed E-state index contributed by atoms with van der Waals surface area (Å²) in [7, 11) is 1.66. The maximum absolute atomic E-state index is 13.5. The molecular weight excluding hydrogens is 436 g/mol. The average molecular weight is 475 g/mol. The summed E-state index contributed by atoms with van der Waals surface area (Å²) in [5.41, 5.74) is -1.79. The van der Waals surface area contributed by atoms with Crippen LogP contribution in [0.1, 0.15) is 53.4 Å². The first kappa shape index (κ1) is 23.1. The van der Waals surface area contributed by atoms with Crippen LogP contribution in [0, 0.1) is 45.8 Å². The van der Waals surface area contributed by atoms with Gasteiger partial charge in [0.15, 0.2) is 6.29 Å². The molecule has 0 radical (unpaired) electrons. The van der Waals surface area contributed by atoms with Crippen molar-refractivity contribution in [3.8, 4) is 0 Å². The van der Waals surface area contributed by atoms with E-state index in [0.717, 1.165) is 31.1 Å². The standard InChI is InChI=1S/C27H38O7/c1-13(2)19-8-16-9-25(11-28)18-7-6-14(3)17(18)10-26(16,27(19,25)24(29)30)12-32-23-22-21(34-22)20(31-5)15(4)33-23/h8,11,13-18,20-23H,6-7,9-10,12H2,1-5H3,(H,29,30)/t14-,15-,16+,17-,18-,20-,21-,22-,23+,25+,26+,27+/m1/s1. The molecule has 4 bridgehead atoms. The van der Waals surface area contributed by atoms with E-state index in [0.29, 0.717) is 18.3 Å². The topological polar surface area (TPSA) is 94.6 Å². The first-order chi connectivity index (χ1) is 16.2. The smallest absolute Gasteiger partial charge is 0.315 e. The molecule has 1 N–H and O–H groups in total. The Bertz CT molecular complexity index is 928. The summed E-state index contributed by atoms with van der Waals surface area (Å²) in [6.45, 7) is 8.63. The average Bonchev–Trinajstić information content (AvgIpc) is 3.39. The SMILES string of the molecule is CO[C@H]1[C@H]2O[C@H]2[C@@H](OC[C@@]23C[C@@H]4[C@H](C)CC[C@H]4[C@@]4(C=O)C[C@@H]2C=C(C(C)C)[C@@]34C(=O)O)O[C@@H]1C. The van der Waals surface area contributed by atoms with E-state index in [9.17, 15) is 14.7 Å². The number of aliphatic carboxylic acids is 1. The van der Waals surface area contributed by atoms with Gasteiger partial charge < -0.3 is 28.8 Å². The van der Waals surface area contributed by atoms with Crippen molar-refractivity contribution >= 4 is 12.3 Å². The molecule has 0 aromatic carbocycles. The highest BCUT2D eigenvalue weighted by atomic mass is 16.7. The lowest BCUT2D eigenvalue weighted by Crippen LogP contribution is -2.63. The Morgan fingerprint density at radius 1 is 1.24 bits per heavy atom. The Kier molecular flexibility index (Phi) is 5.02. The van der Waals surface area contributed by atoms with Crippen molar-refractivity contribution in [1.29, 1.82) is 0 Å². The Morgan fingerprint density at radius 2 is 2.00 bits per heavy atom. The molecule has 6 aliphatic rings. The van der Waals surface area contributed by atoms with Crippen molar-refractivity contribution in [3.63, 3.8) is 0 Å². The number of allylic oxidation sites excluding steroid dienone is 1. The van der Waals surface area contributed by atoms with Gasteiger partial charge in [-0.15, -0.1) is 0 Å². The number of aldehydes is 1. The van der Waals surface area contributed by atoms with E-state index in [2.05, 4.69) is 26.8 Å². The predicted molar refractivity (Wildman–Crippen MR) is 122 cm³/mol. The number of epoxide rings is 1. The number of carbonyl (C=O) groups excluding carboxylic acids is 1. The number of methoxy groups -OCH3 is 1. The van der Waals surface area contributed by atoms with Gasteiger partial charge in [0.2, 0.25) is 0 Å². The largest absolute Gasteiger partial charge is 0.481 e. The highest BCUT2D eigenvalue weighted by Crippen LogP contribution is 2.82. The van der Waals surface area contributed by atoms with E-state index in [-0.39, 0.29) is 48.8 Å². The molecule has 7 nitrogen and oxygen atoms in total. The van der Waals surface area contributed by atoms with Crippen molar-refractivity contribution in [2.45, 2.75) is 84.1 Å². The molecular formula is C27H38O7. The fourth-order valence-corrected chi connectivity index (χ4v) is 9.58. The van der Waals surface area contributed by atoms with Crippen molar-refractivity contribution in [1.82, 2.24) is 0 Å². The van der Waals surface area contributed by atoms with E-state index < -0.39 is 28.5 Å². The quantitative estimate of drug-likeness (QED) is 0.343. The number of carbonyl (C=O) groups is 2. The summed E-state index contributed by atoms with van der Waals surface area (Å²) < 4.78 is 24.0. The fourth-order valence-electron chi connectivity index (χ4n) is 9.58. The zero-order chi connectivity index (χ0) is 24.2. The third-order valence-corrected chi connectivity index (χ3v) is 10.9. The third-order valence-electron chi connectivity index (χ3n) is 10.9. The number of carboxylic acid groups (broad SMARTS) is 1. The normalized spacial score (nSPS) is 54.5. The lowest BCUT2D eigenvalue weighted by atomic mass is 9.43. The summed E-state index contributed by atoms with van der Waals surface area (Å²) in [5.74, 6) is 0.188. The molecule has 0 amide bonds. The van der Waals surface area contributed by atoms with Gasteiger partial charge in [-0.25, -0.2) is 0 Å². The Balaban J connectivity index is 1.40. The summed E-state index contributed by atoms with van der Waals surface area (Å²) in [4.78, 5) is 26.6. The molecule has 5 fully saturated rings. The second-order valence-corrected chi connectivity index (χ2v) is 12.3. The van der Waals surface area contributed by atoms with E-state index in [1.54, 1.807) is 7.11 Å². The van der Waals surface area contributed by atoms with Crippen LogP contribution in [0.5, 0.6) is 0 Å². The first-order valence-corrected chi connectivity index (χ1v) is 13.1. The molecule has 4 aliphatic carbocycles. The van der Waals surface area contributed by atoms with Crippen LogP contribution in [0.3, 0.4) is 0 Å². The van der Waals surface area contributed by atoms with Crippen LogP contribution < -0.4 is 0 Å². The van der Waals surface area contributed by atoms with Gasteiger partial charge in [0.05, 0.1) is 18.1 Å². The van der Waals surface area contributed by atoms with Gasteiger partial charge in [-0.2, -0.15) is 0 Å². The maximum atomic E-state index is 13.5. The molecule has 0 unspecified atom stereocenters. The van der Waals surface area contributed by atoms with E-state index >= 15 is 0 Å². The minimum atomic E-state index is -1.22. The summed E-state index contributed by atoms with van der Waals surface area (Å²) in [6.07, 6.45) is 5.59. The second-order valence-electron chi connectivity index (χ2n) is 12.3. The van der Waals surface area contributed by atoms with Crippen LogP contribution in [0.15, 0.2) is 11.6 Å². The molecule has 2 saturated heterocycles. The molecule has 7 heteroatoms. The van der Waals surface area contributed by atoms with E-state index in [4.69, 9.17) is 18.9 Å². The molecule has 0 aromatic rings. The van der Waals surface area contributed by atoms with Crippen molar-refractivity contribution < 1.29 is 33.6 Å². The summed E-state index contributed by atoms with van der Waals surface area (Å²) in [5, 5.41) is 11.0. The number of hydrogen-bond donors (Lipinski definition) is 1. The lowest BCUT2D eigenvalue weighted by Gasteiger charge is -2.58. The van der Waals surface area contributed by atoms with Crippen LogP contribution in [0.4, 0.5) is 0 Å². The maximum Gasteiger partial charge on any atom is 0.315 e. The molecule has 0 aromatic heterocycles. The molecule has 2 heterocycles. The number of carboxylic acids is 1. The number of hydrogen-bond acceptors (Lipinski definition) is 6. The van der Waals surface area contributed by atoms with Gasteiger partial charge in [-0.1, -0.05) is 38.8 Å². The summed E-state index contributed by atoms with van der Waals surface area (Å²) in [6, 6.07) is 0.